The van der Waals surface area contributed by atoms with Crippen LogP contribution < -0.4 is 15.4 Å². The molecule has 36 heavy (non-hydrogen) atoms. The number of aliphatic hydroxyl groups is 1. The number of hydrogen-bond acceptors (Lipinski definition) is 6. The van der Waals surface area contributed by atoms with Gasteiger partial charge in [-0.2, -0.15) is 0 Å². The van der Waals surface area contributed by atoms with Gasteiger partial charge < -0.3 is 25.4 Å². The number of aliphatic hydroxyl groups excluding tert-OH is 1. The number of ether oxygens (including phenoxy) is 1. The highest BCUT2D eigenvalue weighted by molar-refractivity contribution is 8.02. The summed E-state index contributed by atoms with van der Waals surface area (Å²) < 4.78 is 4.10. The quantitative estimate of drug-likeness (QED) is 0.440. The molecule has 3 amide bonds. The number of thioether (sulfide) groups is 1. The summed E-state index contributed by atoms with van der Waals surface area (Å²) in [5.74, 6) is -0.987. The summed E-state index contributed by atoms with van der Waals surface area (Å²) in [6, 6.07) is 5.81. The van der Waals surface area contributed by atoms with Gasteiger partial charge in [-0.05, 0) is 56.4 Å². The van der Waals surface area contributed by atoms with E-state index >= 15 is 0 Å². The number of fused-ring (bicyclic) bond motifs is 1. The van der Waals surface area contributed by atoms with Crippen LogP contribution in [0.4, 0.5) is 5.69 Å². The Kier molecular flexibility index (Phi) is 7.62. The number of nitrogens with one attached hydrogen (secondary N) is 2. The van der Waals surface area contributed by atoms with Crippen LogP contribution in [0.2, 0.25) is 0 Å². The molecule has 3 fully saturated rings. The molecule has 1 aromatic rings. The molecule has 198 valence electrons. The zero-order chi connectivity index (χ0) is 26.3. The number of anilines is 1. The lowest BCUT2D eigenvalue weighted by Crippen LogP contribution is -2.56. The van der Waals surface area contributed by atoms with E-state index in [0.29, 0.717) is 24.4 Å². The predicted molar refractivity (Wildman–Crippen MR) is 141 cm³/mol. The van der Waals surface area contributed by atoms with E-state index in [1.165, 1.54) is 0 Å². The van der Waals surface area contributed by atoms with E-state index in [4.69, 9.17) is 4.74 Å². The van der Waals surface area contributed by atoms with Crippen molar-refractivity contribution in [2.24, 2.45) is 17.8 Å². The molecule has 7 atom stereocenters. The lowest BCUT2D eigenvalue weighted by Gasteiger charge is -2.39. The third-order valence-electron chi connectivity index (χ3n) is 8.50. The minimum atomic E-state index is -0.779. The Labute approximate surface area is 217 Å². The number of benzene rings is 1. The second-order valence-electron chi connectivity index (χ2n) is 10.6. The molecule has 3 aliphatic rings. The molecular weight excluding hydrogens is 478 g/mol. The van der Waals surface area contributed by atoms with Crippen LogP contribution in [-0.4, -0.2) is 69.6 Å². The number of nitrogens with zero attached hydrogens (tertiary/aromatic N) is 1. The maximum Gasteiger partial charge on any atom is 0.248 e. The SMILES string of the molecule is CCCNC(=O)[C@@H]1[C@H]2C(=O)N([C@@H](CO)[C@@H](C)CC)C(C(=O)Nc3ccc(OC)cc3)C23CC[C@@]1(C)S3. The van der Waals surface area contributed by atoms with Crippen molar-refractivity contribution >= 4 is 35.2 Å². The van der Waals surface area contributed by atoms with Gasteiger partial charge in [-0.1, -0.05) is 27.2 Å². The number of amides is 3. The fraction of sp³-hybridized carbons (Fsp3) is 0.667. The first kappa shape index (κ1) is 26.8. The molecule has 3 saturated heterocycles. The van der Waals surface area contributed by atoms with Crippen molar-refractivity contribution in [3.63, 3.8) is 0 Å². The largest absolute Gasteiger partial charge is 0.497 e. The summed E-state index contributed by atoms with van der Waals surface area (Å²) in [4.78, 5) is 43.2. The zero-order valence-corrected chi connectivity index (χ0v) is 22.7. The van der Waals surface area contributed by atoms with Crippen LogP contribution in [-0.2, 0) is 14.4 Å². The van der Waals surface area contributed by atoms with Gasteiger partial charge in [0.15, 0.2) is 0 Å². The molecule has 3 N–H and O–H groups in total. The van der Waals surface area contributed by atoms with Crippen molar-refractivity contribution < 1.29 is 24.2 Å². The standard InChI is InChI=1S/C27H39N3O5S/c1-6-14-28-23(32)20-21-25(34)30(19(15-31)16(3)7-2)22(27(21)13-12-26(20,4)36-27)24(33)29-17-8-10-18(35-5)11-9-17/h8-11,16,19-22,31H,6-7,12-15H2,1-5H3,(H,28,32)(H,29,33)/t16-,19-,20-,21-,22?,26+,27?/m0/s1. The molecule has 0 aromatic heterocycles. The van der Waals surface area contributed by atoms with Gasteiger partial charge in [-0.15, -0.1) is 11.8 Å². The second kappa shape index (κ2) is 10.2. The third kappa shape index (κ3) is 4.18. The number of carbonyl (C=O) groups excluding carboxylic acids is 3. The summed E-state index contributed by atoms with van der Waals surface area (Å²) >= 11 is 1.64. The highest BCUT2D eigenvalue weighted by Gasteiger charge is 2.77. The van der Waals surface area contributed by atoms with Gasteiger partial charge in [0.05, 0.1) is 36.3 Å². The lowest BCUT2D eigenvalue weighted by molar-refractivity contribution is -0.143. The number of rotatable bonds is 10. The molecule has 3 heterocycles. The summed E-state index contributed by atoms with van der Waals surface area (Å²) in [6.07, 6.45) is 3.01. The average Bonchev–Trinajstić information content (AvgIpc) is 3.44. The molecule has 2 bridgehead atoms. The highest BCUT2D eigenvalue weighted by atomic mass is 32.2. The van der Waals surface area contributed by atoms with Gasteiger partial charge in [0.25, 0.3) is 0 Å². The zero-order valence-electron chi connectivity index (χ0n) is 21.9. The molecule has 2 unspecified atom stereocenters. The molecule has 3 aliphatic heterocycles. The van der Waals surface area contributed by atoms with Crippen molar-refractivity contribution in [2.45, 2.75) is 75.0 Å². The molecule has 0 radical (unpaired) electrons. The molecule has 0 aliphatic carbocycles. The Bertz CT molecular complexity index is 1000. The predicted octanol–water partition coefficient (Wildman–Crippen LogP) is 3.05. The number of methoxy groups -OCH3 is 1. The Morgan fingerprint density at radius 1 is 1.22 bits per heavy atom. The van der Waals surface area contributed by atoms with Crippen molar-refractivity contribution in [1.82, 2.24) is 10.2 Å². The Morgan fingerprint density at radius 3 is 2.50 bits per heavy atom. The van der Waals surface area contributed by atoms with Crippen LogP contribution in [0.25, 0.3) is 0 Å². The van der Waals surface area contributed by atoms with E-state index in [0.717, 1.165) is 19.3 Å². The van der Waals surface area contributed by atoms with Crippen LogP contribution in [0.5, 0.6) is 5.75 Å². The molecular formula is C27H39N3O5S. The van der Waals surface area contributed by atoms with Gasteiger partial charge in [0.2, 0.25) is 17.7 Å². The Balaban J connectivity index is 1.75. The first-order valence-corrected chi connectivity index (χ1v) is 13.8. The number of likely N-dealkylation sites (tertiary alicyclic amines) is 1. The van der Waals surface area contributed by atoms with Gasteiger partial charge in [0, 0.05) is 17.0 Å². The van der Waals surface area contributed by atoms with Crippen LogP contribution >= 0.6 is 11.8 Å². The van der Waals surface area contributed by atoms with E-state index in [1.807, 2.05) is 20.8 Å². The van der Waals surface area contributed by atoms with Crippen LogP contribution in [0.1, 0.15) is 53.4 Å². The lowest BCUT2D eigenvalue weighted by atomic mass is 9.66. The first-order chi connectivity index (χ1) is 17.2. The van der Waals surface area contributed by atoms with E-state index in [2.05, 4.69) is 17.6 Å². The minimum absolute atomic E-state index is 0.00406. The van der Waals surface area contributed by atoms with E-state index < -0.39 is 33.4 Å². The van der Waals surface area contributed by atoms with Gasteiger partial charge in [0.1, 0.15) is 11.8 Å². The number of carbonyl (C=O) groups is 3. The molecule has 1 spiro atoms. The topological polar surface area (TPSA) is 108 Å². The van der Waals surface area contributed by atoms with E-state index in [1.54, 1.807) is 48.0 Å². The normalized spacial score (nSPS) is 32.2. The van der Waals surface area contributed by atoms with Gasteiger partial charge >= 0.3 is 0 Å². The first-order valence-electron chi connectivity index (χ1n) is 13.0. The monoisotopic (exact) mass is 517 g/mol. The fourth-order valence-electron chi connectivity index (χ4n) is 6.48. The summed E-state index contributed by atoms with van der Waals surface area (Å²) in [5, 5.41) is 16.4. The van der Waals surface area contributed by atoms with Crippen molar-refractivity contribution in [1.29, 1.82) is 0 Å². The van der Waals surface area contributed by atoms with Crippen molar-refractivity contribution in [3.05, 3.63) is 24.3 Å². The molecule has 4 rings (SSSR count). The molecule has 8 nitrogen and oxygen atoms in total. The van der Waals surface area contributed by atoms with Crippen LogP contribution in [0, 0.1) is 17.8 Å². The summed E-state index contributed by atoms with van der Waals surface area (Å²) in [5.41, 5.74) is 0.609. The third-order valence-corrected chi connectivity index (χ3v) is 10.5. The molecule has 9 heteroatoms. The van der Waals surface area contributed by atoms with Crippen LogP contribution in [0.15, 0.2) is 24.3 Å². The fourth-order valence-corrected chi connectivity index (χ4v) is 8.82. The van der Waals surface area contributed by atoms with Crippen molar-refractivity contribution in [2.75, 3.05) is 25.6 Å². The number of hydrogen-bond donors (Lipinski definition) is 3. The van der Waals surface area contributed by atoms with Crippen molar-refractivity contribution in [3.8, 4) is 5.75 Å². The minimum Gasteiger partial charge on any atom is -0.497 e. The smallest absolute Gasteiger partial charge is 0.248 e. The van der Waals surface area contributed by atoms with E-state index in [9.17, 15) is 19.5 Å². The van der Waals surface area contributed by atoms with Crippen LogP contribution in [0.3, 0.4) is 0 Å². The summed E-state index contributed by atoms with van der Waals surface area (Å²) in [7, 11) is 1.58. The van der Waals surface area contributed by atoms with E-state index in [-0.39, 0.29) is 30.2 Å². The maximum absolute atomic E-state index is 14.2. The molecule has 1 aromatic carbocycles. The average molecular weight is 518 g/mol. The summed E-state index contributed by atoms with van der Waals surface area (Å²) in [6.45, 7) is 8.40. The van der Waals surface area contributed by atoms with Gasteiger partial charge in [-0.25, -0.2) is 0 Å². The maximum atomic E-state index is 14.2. The highest BCUT2D eigenvalue weighted by Crippen LogP contribution is 2.71. The second-order valence-corrected chi connectivity index (χ2v) is 12.5. The van der Waals surface area contributed by atoms with Gasteiger partial charge in [-0.3, -0.25) is 14.4 Å². The Morgan fingerprint density at radius 2 is 1.92 bits per heavy atom. The molecule has 0 saturated carbocycles. The Hall–Kier alpha value is -2.26.